The molecule has 0 N–H and O–H groups in total. The second kappa shape index (κ2) is 6.14. The highest BCUT2D eigenvalue weighted by molar-refractivity contribution is 6.14. The molecule has 154 valence electrons. The van der Waals surface area contributed by atoms with E-state index in [1.165, 1.54) is 60.5 Å². The van der Waals surface area contributed by atoms with Crippen molar-refractivity contribution in [2.24, 2.45) is 0 Å². The maximum atomic E-state index is 6.41. The van der Waals surface area contributed by atoms with E-state index in [0.717, 1.165) is 17.6 Å². The SMILES string of the molecule is c1ccc(-n2c3ccccc3c3ccc4c(c32)Cc2c-4ccc3c2oc2ccccc23)cc1. The zero-order valence-electron chi connectivity index (χ0n) is 17.9. The number of aromatic nitrogens is 1. The van der Waals surface area contributed by atoms with Gasteiger partial charge < -0.3 is 8.98 Å². The molecule has 1 aliphatic rings. The van der Waals surface area contributed by atoms with E-state index in [1.807, 2.05) is 6.07 Å². The first-order valence-electron chi connectivity index (χ1n) is 11.4. The van der Waals surface area contributed by atoms with Gasteiger partial charge in [0, 0.05) is 39.2 Å². The van der Waals surface area contributed by atoms with E-state index in [2.05, 4.69) is 102 Å². The molecule has 0 spiro atoms. The highest BCUT2D eigenvalue weighted by atomic mass is 16.3. The molecule has 7 aromatic rings. The fraction of sp³-hybridized carbons (Fsp3) is 0.0323. The van der Waals surface area contributed by atoms with Gasteiger partial charge in [0.25, 0.3) is 0 Å². The Morgan fingerprint density at radius 2 is 1.24 bits per heavy atom. The van der Waals surface area contributed by atoms with Crippen molar-refractivity contribution in [3.63, 3.8) is 0 Å². The van der Waals surface area contributed by atoms with E-state index >= 15 is 0 Å². The number of hydrogen-bond donors (Lipinski definition) is 0. The average Bonchev–Trinajstić information content (AvgIpc) is 3.53. The lowest BCUT2D eigenvalue weighted by atomic mass is 10.0. The summed E-state index contributed by atoms with van der Waals surface area (Å²) in [5, 5.41) is 5.00. The van der Waals surface area contributed by atoms with Crippen LogP contribution in [0.25, 0.3) is 60.6 Å². The molecule has 2 heterocycles. The number of para-hydroxylation sites is 3. The van der Waals surface area contributed by atoms with E-state index in [4.69, 9.17) is 4.42 Å². The number of rotatable bonds is 1. The lowest BCUT2D eigenvalue weighted by Gasteiger charge is -2.10. The van der Waals surface area contributed by atoms with Gasteiger partial charge in [-0.3, -0.25) is 0 Å². The van der Waals surface area contributed by atoms with Gasteiger partial charge in [-0.1, -0.05) is 72.8 Å². The fourth-order valence-corrected chi connectivity index (χ4v) is 5.85. The average molecular weight is 421 g/mol. The molecule has 2 nitrogen and oxygen atoms in total. The summed E-state index contributed by atoms with van der Waals surface area (Å²) in [4.78, 5) is 0. The lowest BCUT2D eigenvalue weighted by molar-refractivity contribution is 0.665. The third kappa shape index (κ3) is 2.18. The maximum absolute atomic E-state index is 6.41. The van der Waals surface area contributed by atoms with Crippen molar-refractivity contribution >= 4 is 43.7 Å². The van der Waals surface area contributed by atoms with Gasteiger partial charge >= 0.3 is 0 Å². The fourth-order valence-electron chi connectivity index (χ4n) is 5.85. The van der Waals surface area contributed by atoms with Gasteiger partial charge in [0.1, 0.15) is 11.2 Å². The van der Waals surface area contributed by atoms with Crippen LogP contribution in [-0.4, -0.2) is 4.57 Å². The van der Waals surface area contributed by atoms with Crippen LogP contribution in [-0.2, 0) is 6.42 Å². The molecule has 0 unspecified atom stereocenters. The predicted octanol–water partition coefficient (Wildman–Crippen LogP) is 8.25. The Morgan fingerprint density at radius 1 is 0.545 bits per heavy atom. The molecular weight excluding hydrogens is 402 g/mol. The van der Waals surface area contributed by atoms with Gasteiger partial charge in [-0.25, -0.2) is 0 Å². The van der Waals surface area contributed by atoms with Gasteiger partial charge in [-0.15, -0.1) is 0 Å². The van der Waals surface area contributed by atoms with Crippen LogP contribution >= 0.6 is 0 Å². The summed E-state index contributed by atoms with van der Waals surface area (Å²) in [7, 11) is 0. The topological polar surface area (TPSA) is 18.1 Å². The molecule has 33 heavy (non-hydrogen) atoms. The van der Waals surface area contributed by atoms with Crippen LogP contribution in [0.15, 0.2) is 108 Å². The first-order chi connectivity index (χ1) is 16.4. The molecule has 0 saturated heterocycles. The summed E-state index contributed by atoms with van der Waals surface area (Å²) >= 11 is 0. The van der Waals surface area contributed by atoms with Gasteiger partial charge in [0.2, 0.25) is 0 Å². The molecule has 2 heteroatoms. The van der Waals surface area contributed by atoms with Crippen LogP contribution in [0.2, 0.25) is 0 Å². The molecular formula is C31H19NO. The third-order valence-corrected chi connectivity index (χ3v) is 7.25. The maximum Gasteiger partial charge on any atom is 0.139 e. The molecule has 0 radical (unpaired) electrons. The normalized spacial score (nSPS) is 12.7. The van der Waals surface area contributed by atoms with Crippen LogP contribution in [0.3, 0.4) is 0 Å². The van der Waals surface area contributed by atoms with E-state index < -0.39 is 0 Å². The Bertz CT molecular complexity index is 1890. The van der Waals surface area contributed by atoms with Crippen molar-refractivity contribution < 1.29 is 4.42 Å². The van der Waals surface area contributed by atoms with Crippen molar-refractivity contribution in [2.75, 3.05) is 0 Å². The van der Waals surface area contributed by atoms with Gasteiger partial charge in [0.15, 0.2) is 0 Å². The number of nitrogens with zero attached hydrogens (tertiary/aromatic N) is 1. The zero-order valence-corrected chi connectivity index (χ0v) is 17.9. The van der Waals surface area contributed by atoms with E-state index in [9.17, 15) is 0 Å². The van der Waals surface area contributed by atoms with Crippen LogP contribution in [0.4, 0.5) is 0 Å². The summed E-state index contributed by atoms with van der Waals surface area (Å²) in [6.45, 7) is 0. The monoisotopic (exact) mass is 421 g/mol. The third-order valence-electron chi connectivity index (χ3n) is 7.25. The molecule has 1 aliphatic carbocycles. The van der Waals surface area contributed by atoms with E-state index in [0.29, 0.717) is 0 Å². The standard InChI is InChI=1S/C31H19NO/c1-2-8-19(9-3-1)32-28-12-6-4-10-22(28)24-16-14-20-21-15-17-25-23-11-5-7-13-29(23)33-31(25)27(21)18-26(20)30(24)32/h1-17H,18H2. The van der Waals surface area contributed by atoms with Gasteiger partial charge in [-0.05, 0) is 47.0 Å². The number of benzene rings is 5. The van der Waals surface area contributed by atoms with Crippen molar-refractivity contribution in [2.45, 2.75) is 6.42 Å². The minimum Gasteiger partial charge on any atom is -0.456 e. The predicted molar refractivity (Wildman–Crippen MR) is 136 cm³/mol. The second-order valence-electron chi connectivity index (χ2n) is 8.92. The van der Waals surface area contributed by atoms with Crippen LogP contribution < -0.4 is 0 Å². The molecule has 8 rings (SSSR count). The Hall–Kier alpha value is -4.30. The first-order valence-corrected chi connectivity index (χ1v) is 11.4. The van der Waals surface area contributed by atoms with Gasteiger partial charge in [-0.2, -0.15) is 0 Å². The Kier molecular flexibility index (Phi) is 3.22. The Balaban J connectivity index is 1.49. The summed E-state index contributed by atoms with van der Waals surface area (Å²) in [5.41, 5.74) is 11.0. The summed E-state index contributed by atoms with van der Waals surface area (Å²) in [5.74, 6) is 0. The largest absolute Gasteiger partial charge is 0.456 e. The number of hydrogen-bond acceptors (Lipinski definition) is 1. The van der Waals surface area contributed by atoms with E-state index in [1.54, 1.807) is 0 Å². The van der Waals surface area contributed by atoms with Crippen LogP contribution in [0.5, 0.6) is 0 Å². The summed E-state index contributed by atoms with van der Waals surface area (Å²) in [6.07, 6.45) is 0.877. The Morgan fingerprint density at radius 3 is 2.12 bits per heavy atom. The zero-order chi connectivity index (χ0) is 21.5. The summed E-state index contributed by atoms with van der Waals surface area (Å²) in [6, 6.07) is 36.9. The highest BCUT2D eigenvalue weighted by Gasteiger charge is 2.27. The molecule has 0 amide bonds. The first kappa shape index (κ1) is 17.3. The molecule has 0 fully saturated rings. The smallest absolute Gasteiger partial charge is 0.139 e. The summed E-state index contributed by atoms with van der Waals surface area (Å²) < 4.78 is 8.84. The number of fused-ring (bicyclic) bond motifs is 11. The lowest BCUT2D eigenvalue weighted by Crippen LogP contribution is -1.96. The van der Waals surface area contributed by atoms with Gasteiger partial charge in [0.05, 0.1) is 11.0 Å². The molecule has 5 aromatic carbocycles. The van der Waals surface area contributed by atoms with Crippen molar-refractivity contribution in [1.29, 1.82) is 0 Å². The molecule has 0 saturated carbocycles. The minimum atomic E-state index is 0.877. The molecule has 0 aliphatic heterocycles. The minimum absolute atomic E-state index is 0.877. The van der Waals surface area contributed by atoms with Crippen LogP contribution in [0.1, 0.15) is 11.1 Å². The molecule has 0 atom stereocenters. The van der Waals surface area contributed by atoms with Crippen LogP contribution in [0, 0.1) is 0 Å². The Labute approximate surface area is 190 Å². The van der Waals surface area contributed by atoms with Crippen molar-refractivity contribution in [1.82, 2.24) is 4.57 Å². The van der Waals surface area contributed by atoms with Crippen molar-refractivity contribution in [3.05, 3.63) is 114 Å². The second-order valence-corrected chi connectivity index (χ2v) is 8.92. The highest BCUT2D eigenvalue weighted by Crippen LogP contribution is 2.47. The number of furan rings is 1. The molecule has 0 bridgehead atoms. The van der Waals surface area contributed by atoms with Crippen molar-refractivity contribution in [3.8, 4) is 16.8 Å². The quantitative estimate of drug-likeness (QED) is 0.261. The van der Waals surface area contributed by atoms with E-state index in [-0.39, 0.29) is 0 Å². The molecule has 2 aromatic heterocycles.